The van der Waals surface area contributed by atoms with E-state index in [-0.39, 0.29) is 11.8 Å². The summed E-state index contributed by atoms with van der Waals surface area (Å²) in [5.74, 6) is 0.244. The van der Waals surface area contributed by atoms with Crippen LogP contribution in [0.15, 0.2) is 46.9 Å². The first-order valence-electron chi connectivity index (χ1n) is 9.11. The van der Waals surface area contributed by atoms with Gasteiger partial charge in [0.1, 0.15) is 17.1 Å². The predicted octanol–water partition coefficient (Wildman–Crippen LogP) is 3.79. The highest BCUT2D eigenvalue weighted by molar-refractivity contribution is 5.96. The van der Waals surface area contributed by atoms with E-state index in [0.717, 1.165) is 10.9 Å². The monoisotopic (exact) mass is 397 g/mol. The van der Waals surface area contributed by atoms with Gasteiger partial charge in [0, 0.05) is 16.5 Å². The summed E-state index contributed by atoms with van der Waals surface area (Å²) in [6.07, 6.45) is 0. The largest absolute Gasteiger partial charge is 0.497 e. The molecule has 3 rings (SSSR count). The van der Waals surface area contributed by atoms with Crippen LogP contribution in [-0.2, 0) is 9.53 Å². The minimum absolute atomic E-state index is 0.0986. The number of methoxy groups -OCH3 is 2. The highest BCUT2D eigenvalue weighted by Gasteiger charge is 2.21. The maximum absolute atomic E-state index is 12.3. The molecule has 0 radical (unpaired) electrons. The molecular weight excluding hydrogens is 374 g/mol. The maximum Gasteiger partial charge on any atom is 0.375 e. The number of fused-ring (bicyclic) bond motifs is 1. The first-order valence-corrected chi connectivity index (χ1v) is 9.11. The molecule has 0 saturated carbocycles. The van der Waals surface area contributed by atoms with Gasteiger partial charge in [0.2, 0.25) is 5.76 Å². The van der Waals surface area contributed by atoms with Gasteiger partial charge in [-0.1, -0.05) is 18.2 Å². The van der Waals surface area contributed by atoms with Crippen LogP contribution in [-0.4, -0.2) is 32.7 Å². The number of nitrogens with one attached hydrogen (secondary N) is 1. The number of aryl methyl sites for hydroxylation is 1. The van der Waals surface area contributed by atoms with Gasteiger partial charge in [0.15, 0.2) is 6.61 Å². The molecule has 7 nitrogen and oxygen atoms in total. The summed E-state index contributed by atoms with van der Waals surface area (Å²) < 4.78 is 21.3. The number of furan rings is 1. The number of esters is 1. The Balaban J connectivity index is 1.63. The van der Waals surface area contributed by atoms with E-state index >= 15 is 0 Å². The first kappa shape index (κ1) is 20.3. The van der Waals surface area contributed by atoms with Gasteiger partial charge >= 0.3 is 5.97 Å². The third-order valence-corrected chi connectivity index (χ3v) is 4.64. The zero-order valence-corrected chi connectivity index (χ0v) is 16.8. The molecule has 0 fully saturated rings. The number of rotatable bonds is 7. The van der Waals surface area contributed by atoms with Crippen LogP contribution in [0.2, 0.25) is 0 Å². The molecule has 1 N–H and O–H groups in total. The van der Waals surface area contributed by atoms with Crippen LogP contribution in [0.1, 0.15) is 34.6 Å². The minimum atomic E-state index is -0.680. The van der Waals surface area contributed by atoms with Crippen molar-refractivity contribution >= 4 is 22.8 Å². The highest BCUT2D eigenvalue weighted by atomic mass is 16.5. The van der Waals surface area contributed by atoms with E-state index in [2.05, 4.69) is 5.32 Å². The van der Waals surface area contributed by atoms with E-state index in [1.54, 1.807) is 52.3 Å². The first-order chi connectivity index (χ1) is 13.9. The number of amides is 1. The van der Waals surface area contributed by atoms with E-state index in [9.17, 15) is 9.59 Å². The van der Waals surface area contributed by atoms with E-state index in [4.69, 9.17) is 18.6 Å². The second-order valence-electron chi connectivity index (χ2n) is 6.53. The Morgan fingerprint density at radius 2 is 1.86 bits per heavy atom. The number of carbonyl (C=O) groups is 2. The van der Waals surface area contributed by atoms with Gasteiger partial charge < -0.3 is 23.9 Å². The van der Waals surface area contributed by atoms with Crippen LogP contribution in [0.25, 0.3) is 11.0 Å². The van der Waals surface area contributed by atoms with Gasteiger partial charge in [0.05, 0.1) is 20.3 Å². The quantitative estimate of drug-likeness (QED) is 0.611. The van der Waals surface area contributed by atoms with Crippen LogP contribution in [0.5, 0.6) is 11.5 Å². The molecule has 7 heteroatoms. The average Bonchev–Trinajstić information content (AvgIpc) is 3.08. The second kappa shape index (κ2) is 8.68. The standard InChI is InChI=1S/C22H23NO6/c1-13-16-7-5-6-8-19(16)29-21(13)22(25)28-12-20(24)23-14(2)17-11-15(26-3)9-10-18(17)27-4/h5-11,14H,12H2,1-4H3,(H,23,24)/t14-/m1/s1. The number of benzene rings is 2. The van der Waals surface area contributed by atoms with Gasteiger partial charge in [-0.05, 0) is 38.1 Å². The van der Waals surface area contributed by atoms with Crippen LogP contribution in [0.4, 0.5) is 0 Å². The van der Waals surface area contributed by atoms with E-state index in [0.29, 0.717) is 22.6 Å². The van der Waals surface area contributed by atoms with Crippen molar-refractivity contribution in [2.75, 3.05) is 20.8 Å². The Morgan fingerprint density at radius 3 is 2.55 bits per heavy atom. The van der Waals surface area contributed by atoms with Crippen molar-refractivity contribution in [3.63, 3.8) is 0 Å². The number of carbonyl (C=O) groups excluding carboxylic acids is 2. The Hall–Kier alpha value is -3.48. The number of hydrogen-bond donors (Lipinski definition) is 1. The molecule has 0 aliphatic rings. The third-order valence-electron chi connectivity index (χ3n) is 4.64. The van der Waals surface area contributed by atoms with Crippen LogP contribution in [0, 0.1) is 6.92 Å². The molecule has 1 heterocycles. The summed E-state index contributed by atoms with van der Waals surface area (Å²) in [5.41, 5.74) is 2.03. The summed E-state index contributed by atoms with van der Waals surface area (Å²) in [5, 5.41) is 3.62. The molecule has 1 atom stereocenters. The molecule has 0 aliphatic heterocycles. The van der Waals surface area contributed by atoms with Gasteiger partial charge in [-0.15, -0.1) is 0 Å². The lowest BCUT2D eigenvalue weighted by Gasteiger charge is -2.18. The lowest BCUT2D eigenvalue weighted by molar-refractivity contribution is -0.124. The van der Waals surface area contributed by atoms with Crippen molar-refractivity contribution in [2.45, 2.75) is 19.9 Å². The minimum Gasteiger partial charge on any atom is -0.497 e. The Labute approximate surface area is 168 Å². The van der Waals surface area contributed by atoms with Crippen molar-refractivity contribution in [3.8, 4) is 11.5 Å². The van der Waals surface area contributed by atoms with Crippen molar-refractivity contribution in [2.24, 2.45) is 0 Å². The number of ether oxygens (including phenoxy) is 3. The van der Waals surface area contributed by atoms with Crippen LogP contribution >= 0.6 is 0 Å². The Morgan fingerprint density at radius 1 is 1.10 bits per heavy atom. The van der Waals surface area contributed by atoms with Crippen molar-refractivity contribution in [1.29, 1.82) is 0 Å². The fourth-order valence-corrected chi connectivity index (χ4v) is 3.10. The zero-order chi connectivity index (χ0) is 21.0. The average molecular weight is 397 g/mol. The van der Waals surface area contributed by atoms with Crippen LogP contribution in [0.3, 0.4) is 0 Å². The molecule has 0 bridgehead atoms. The predicted molar refractivity (Wildman–Crippen MR) is 107 cm³/mol. The fraction of sp³-hybridized carbons (Fsp3) is 0.273. The summed E-state index contributed by atoms with van der Waals surface area (Å²) in [7, 11) is 3.12. The molecule has 1 amide bonds. The van der Waals surface area contributed by atoms with Gasteiger partial charge in [-0.2, -0.15) is 0 Å². The summed E-state index contributed by atoms with van der Waals surface area (Å²) in [4.78, 5) is 24.6. The molecule has 0 unspecified atom stereocenters. The Kier molecular flexibility index (Phi) is 6.07. The van der Waals surface area contributed by atoms with Gasteiger partial charge in [0.25, 0.3) is 5.91 Å². The highest BCUT2D eigenvalue weighted by Crippen LogP contribution is 2.29. The van der Waals surface area contributed by atoms with Crippen LogP contribution < -0.4 is 14.8 Å². The third kappa shape index (κ3) is 4.34. The summed E-state index contributed by atoms with van der Waals surface area (Å²) >= 11 is 0. The summed E-state index contributed by atoms with van der Waals surface area (Å²) in [6, 6.07) is 12.3. The van der Waals surface area contributed by atoms with Crippen molar-refractivity contribution < 1.29 is 28.2 Å². The van der Waals surface area contributed by atoms with Gasteiger partial charge in [-0.25, -0.2) is 4.79 Å². The lowest BCUT2D eigenvalue weighted by Crippen LogP contribution is -2.31. The normalized spacial score (nSPS) is 11.7. The number of hydrogen-bond acceptors (Lipinski definition) is 6. The fourth-order valence-electron chi connectivity index (χ4n) is 3.10. The topological polar surface area (TPSA) is 87.0 Å². The van der Waals surface area contributed by atoms with E-state index in [1.165, 1.54) is 0 Å². The smallest absolute Gasteiger partial charge is 0.375 e. The van der Waals surface area contributed by atoms with E-state index in [1.807, 2.05) is 18.2 Å². The van der Waals surface area contributed by atoms with E-state index < -0.39 is 18.5 Å². The molecule has 2 aromatic carbocycles. The zero-order valence-electron chi connectivity index (χ0n) is 16.8. The lowest BCUT2D eigenvalue weighted by atomic mass is 10.1. The maximum atomic E-state index is 12.3. The second-order valence-corrected chi connectivity index (χ2v) is 6.53. The van der Waals surface area contributed by atoms with Gasteiger partial charge in [-0.3, -0.25) is 4.79 Å². The molecule has 0 saturated heterocycles. The molecule has 29 heavy (non-hydrogen) atoms. The summed E-state index contributed by atoms with van der Waals surface area (Å²) in [6.45, 7) is 3.16. The molecule has 0 spiro atoms. The molecule has 152 valence electrons. The number of para-hydroxylation sites is 1. The molecule has 1 aromatic heterocycles. The van der Waals surface area contributed by atoms with Crippen molar-refractivity contribution in [1.82, 2.24) is 5.32 Å². The molecule has 3 aromatic rings. The molecular formula is C22H23NO6. The SMILES string of the molecule is COc1ccc(OC)c([C@@H](C)NC(=O)COC(=O)c2oc3ccccc3c2C)c1. The van der Waals surface area contributed by atoms with Crippen molar-refractivity contribution in [3.05, 3.63) is 59.4 Å². The Bertz CT molecular complexity index is 1040. The molecule has 0 aliphatic carbocycles.